The van der Waals surface area contributed by atoms with Gasteiger partial charge in [0.1, 0.15) is 11.6 Å². The highest BCUT2D eigenvalue weighted by molar-refractivity contribution is 6.33. The number of aliphatic hydroxyl groups excluding tert-OH is 1. The molecule has 1 heterocycles. The normalized spacial score (nSPS) is 14.4. The Bertz CT molecular complexity index is 1150. The topological polar surface area (TPSA) is 62.2 Å². The Kier molecular flexibility index (Phi) is 6.03. The maximum Gasteiger partial charge on any atom is 0.251 e. The summed E-state index contributed by atoms with van der Waals surface area (Å²) in [7, 11) is 0. The van der Waals surface area contributed by atoms with Crippen LogP contribution < -0.4 is 5.32 Å². The summed E-state index contributed by atoms with van der Waals surface area (Å²) >= 11 is 6.19. The lowest BCUT2D eigenvalue weighted by Crippen LogP contribution is -2.30. The molecule has 0 bridgehead atoms. The van der Waals surface area contributed by atoms with Crippen molar-refractivity contribution in [2.75, 3.05) is 0 Å². The van der Waals surface area contributed by atoms with E-state index in [0.717, 1.165) is 12.8 Å². The van der Waals surface area contributed by atoms with Gasteiger partial charge in [0.25, 0.3) is 5.91 Å². The summed E-state index contributed by atoms with van der Waals surface area (Å²) in [6, 6.07) is 10.3. The summed E-state index contributed by atoms with van der Waals surface area (Å²) in [4.78, 5) is 17.3. The lowest BCUT2D eigenvalue weighted by molar-refractivity contribution is 0.0930. The number of hydrogen-bond acceptors (Lipinski definition) is 3. The summed E-state index contributed by atoms with van der Waals surface area (Å²) < 4.78 is 27.1. The Hall–Kier alpha value is -2.83. The van der Waals surface area contributed by atoms with Crippen LogP contribution in [0.25, 0.3) is 11.1 Å². The van der Waals surface area contributed by atoms with Gasteiger partial charge in [-0.05, 0) is 84.8 Å². The van der Waals surface area contributed by atoms with Crippen LogP contribution in [0.4, 0.5) is 8.78 Å². The third-order valence-electron chi connectivity index (χ3n) is 5.45. The molecular formula is C24H21ClF2N2O2. The number of aromatic nitrogens is 1. The second-order valence-electron chi connectivity index (χ2n) is 7.85. The van der Waals surface area contributed by atoms with Gasteiger partial charge < -0.3 is 10.4 Å². The number of nitrogens with zero attached hydrogens (tertiary/aromatic N) is 1. The third kappa shape index (κ3) is 4.75. The predicted octanol–water partition coefficient (Wildman–Crippen LogP) is 5.36. The number of aliphatic hydroxyl groups is 1. The van der Waals surface area contributed by atoms with Gasteiger partial charge in [-0.25, -0.2) is 8.78 Å². The zero-order valence-electron chi connectivity index (χ0n) is 16.8. The SMILES string of the molecule is Cc1cc(C(NC(=O)c2cc(CO)cc(-c3ccc(F)cc3Cl)c2)C2CC2)ncc1F. The molecule has 160 valence electrons. The average Bonchev–Trinajstić information content (AvgIpc) is 3.58. The van der Waals surface area contributed by atoms with Crippen molar-refractivity contribution in [3.05, 3.63) is 87.7 Å². The van der Waals surface area contributed by atoms with Crippen LogP contribution in [0.3, 0.4) is 0 Å². The standard InChI is InChI=1S/C24H21ClF2N2O2/c1-13-6-22(28-11-21(13)27)23(15-2-3-15)29-24(31)17-8-14(12-30)7-16(9-17)19-5-4-18(26)10-20(19)25/h4-11,15,23,30H,2-3,12H2,1H3,(H,29,31). The predicted molar refractivity (Wildman–Crippen MR) is 115 cm³/mol. The summed E-state index contributed by atoms with van der Waals surface area (Å²) in [5, 5.41) is 12.9. The second kappa shape index (κ2) is 8.73. The van der Waals surface area contributed by atoms with Crippen molar-refractivity contribution in [3.63, 3.8) is 0 Å². The van der Waals surface area contributed by atoms with E-state index in [1.165, 1.54) is 24.4 Å². The van der Waals surface area contributed by atoms with E-state index in [4.69, 9.17) is 11.6 Å². The highest BCUT2D eigenvalue weighted by atomic mass is 35.5. The first kappa shape index (κ1) is 21.4. The largest absolute Gasteiger partial charge is 0.392 e. The van der Waals surface area contributed by atoms with Gasteiger partial charge in [0.2, 0.25) is 0 Å². The Morgan fingerprint density at radius 3 is 2.65 bits per heavy atom. The lowest BCUT2D eigenvalue weighted by atomic mass is 9.98. The molecule has 4 nitrogen and oxygen atoms in total. The van der Waals surface area contributed by atoms with Gasteiger partial charge in [-0.2, -0.15) is 0 Å². The van der Waals surface area contributed by atoms with Crippen LogP contribution in [0.2, 0.25) is 5.02 Å². The van der Waals surface area contributed by atoms with Crippen LogP contribution in [0.1, 0.15) is 46.1 Å². The molecule has 1 atom stereocenters. The first-order valence-electron chi connectivity index (χ1n) is 9.99. The fourth-order valence-corrected chi connectivity index (χ4v) is 3.89. The lowest BCUT2D eigenvalue weighted by Gasteiger charge is -2.19. The molecule has 0 saturated heterocycles. The Labute approximate surface area is 183 Å². The van der Waals surface area contributed by atoms with E-state index in [-0.39, 0.29) is 35.3 Å². The molecule has 31 heavy (non-hydrogen) atoms. The monoisotopic (exact) mass is 442 g/mol. The van der Waals surface area contributed by atoms with E-state index in [0.29, 0.717) is 33.5 Å². The van der Waals surface area contributed by atoms with Gasteiger partial charge in [-0.1, -0.05) is 11.6 Å². The minimum atomic E-state index is -0.459. The third-order valence-corrected chi connectivity index (χ3v) is 5.76. The maximum absolute atomic E-state index is 13.6. The van der Waals surface area contributed by atoms with Crippen LogP contribution in [0.5, 0.6) is 0 Å². The Morgan fingerprint density at radius 2 is 2.00 bits per heavy atom. The first-order valence-corrected chi connectivity index (χ1v) is 10.4. The van der Waals surface area contributed by atoms with Crippen LogP contribution in [0, 0.1) is 24.5 Å². The van der Waals surface area contributed by atoms with Crippen LogP contribution in [-0.4, -0.2) is 16.0 Å². The molecule has 7 heteroatoms. The first-order chi connectivity index (χ1) is 14.9. The molecule has 0 aliphatic heterocycles. The quantitative estimate of drug-likeness (QED) is 0.540. The highest BCUT2D eigenvalue weighted by Crippen LogP contribution is 2.41. The van der Waals surface area contributed by atoms with Gasteiger partial charge in [0.15, 0.2) is 0 Å². The number of amides is 1. The average molecular weight is 443 g/mol. The molecule has 0 radical (unpaired) electrons. The Balaban J connectivity index is 1.66. The summed E-state index contributed by atoms with van der Waals surface area (Å²) in [5.74, 6) is -0.940. The van der Waals surface area contributed by atoms with E-state index in [2.05, 4.69) is 10.3 Å². The molecule has 1 fully saturated rings. The minimum Gasteiger partial charge on any atom is -0.392 e. The number of carbonyl (C=O) groups is 1. The van der Waals surface area contributed by atoms with Crippen LogP contribution in [-0.2, 0) is 6.61 Å². The molecule has 1 aromatic heterocycles. The van der Waals surface area contributed by atoms with Crippen molar-refractivity contribution in [1.29, 1.82) is 0 Å². The number of nitrogens with one attached hydrogen (secondary N) is 1. The molecular weight excluding hydrogens is 422 g/mol. The van der Waals surface area contributed by atoms with E-state index in [1.54, 1.807) is 31.2 Å². The molecule has 1 saturated carbocycles. The highest BCUT2D eigenvalue weighted by Gasteiger charge is 2.35. The fraction of sp³-hybridized carbons (Fsp3) is 0.250. The molecule has 4 rings (SSSR count). The summed E-state index contributed by atoms with van der Waals surface area (Å²) in [6.45, 7) is 1.40. The van der Waals surface area contributed by atoms with Crippen LogP contribution >= 0.6 is 11.6 Å². The summed E-state index contributed by atoms with van der Waals surface area (Å²) in [5.41, 5.74) is 3.12. The van der Waals surface area contributed by atoms with E-state index >= 15 is 0 Å². The van der Waals surface area contributed by atoms with Gasteiger partial charge >= 0.3 is 0 Å². The van der Waals surface area contributed by atoms with E-state index in [9.17, 15) is 18.7 Å². The molecule has 0 spiro atoms. The zero-order chi connectivity index (χ0) is 22.1. The van der Waals surface area contributed by atoms with Crippen molar-refractivity contribution in [2.24, 2.45) is 5.92 Å². The number of benzene rings is 2. The van der Waals surface area contributed by atoms with Crippen molar-refractivity contribution in [1.82, 2.24) is 10.3 Å². The molecule has 1 aliphatic carbocycles. The summed E-state index contributed by atoms with van der Waals surface area (Å²) in [6.07, 6.45) is 3.08. The molecule has 2 aromatic carbocycles. The molecule has 2 N–H and O–H groups in total. The minimum absolute atomic E-state index is 0.211. The number of pyridine rings is 1. The Morgan fingerprint density at radius 1 is 1.23 bits per heavy atom. The van der Waals surface area contributed by atoms with E-state index in [1.807, 2.05) is 0 Å². The number of carbonyl (C=O) groups excluding carboxylic acids is 1. The molecule has 1 amide bonds. The number of halogens is 3. The van der Waals surface area contributed by atoms with Gasteiger partial charge in [-0.15, -0.1) is 0 Å². The van der Waals surface area contributed by atoms with Crippen molar-refractivity contribution >= 4 is 17.5 Å². The molecule has 1 aliphatic rings. The fourth-order valence-electron chi connectivity index (χ4n) is 3.61. The number of hydrogen-bond donors (Lipinski definition) is 2. The van der Waals surface area contributed by atoms with Gasteiger partial charge in [0, 0.05) is 11.1 Å². The molecule has 3 aromatic rings. The number of aryl methyl sites for hydroxylation is 1. The van der Waals surface area contributed by atoms with Crippen LogP contribution in [0.15, 0.2) is 48.7 Å². The van der Waals surface area contributed by atoms with Crippen molar-refractivity contribution < 1.29 is 18.7 Å². The van der Waals surface area contributed by atoms with Crippen molar-refractivity contribution in [2.45, 2.75) is 32.4 Å². The number of rotatable bonds is 6. The molecule has 1 unspecified atom stereocenters. The maximum atomic E-state index is 13.6. The zero-order valence-corrected chi connectivity index (χ0v) is 17.6. The van der Waals surface area contributed by atoms with E-state index < -0.39 is 5.82 Å². The van der Waals surface area contributed by atoms with Gasteiger partial charge in [0.05, 0.1) is 29.6 Å². The second-order valence-corrected chi connectivity index (χ2v) is 8.26. The van der Waals surface area contributed by atoms with Crippen molar-refractivity contribution in [3.8, 4) is 11.1 Å². The van der Waals surface area contributed by atoms with Gasteiger partial charge in [-0.3, -0.25) is 9.78 Å². The smallest absolute Gasteiger partial charge is 0.251 e.